The first-order chi connectivity index (χ1) is 15.4. The fraction of sp³-hybridized carbons (Fsp3) is 0.259. The van der Waals surface area contributed by atoms with Gasteiger partial charge in [-0.1, -0.05) is 79.0 Å². The van der Waals surface area contributed by atoms with Crippen LogP contribution in [0.15, 0.2) is 60.7 Å². The molecule has 3 rings (SSSR count). The third-order valence-electron chi connectivity index (χ3n) is 5.51. The van der Waals surface area contributed by atoms with Gasteiger partial charge in [0.15, 0.2) is 0 Å². The van der Waals surface area contributed by atoms with Crippen molar-refractivity contribution in [3.63, 3.8) is 0 Å². The SMILES string of the molecule is CCCCc1ccc(-c2ccc(CC(=O)CCc3ccc(Cl)c(Cl)c3)c(C(=O)O)c2)cc1. The topological polar surface area (TPSA) is 54.4 Å². The molecular formula is C27H26Cl2O3. The number of carbonyl (C=O) groups excluding carboxylic acids is 1. The van der Waals surface area contributed by atoms with E-state index in [1.807, 2.05) is 24.3 Å². The molecule has 3 aromatic rings. The summed E-state index contributed by atoms with van der Waals surface area (Å²) in [6.45, 7) is 2.17. The lowest BCUT2D eigenvalue weighted by atomic mass is 9.94. The summed E-state index contributed by atoms with van der Waals surface area (Å²) in [7, 11) is 0. The number of halogens is 2. The lowest BCUT2D eigenvalue weighted by Gasteiger charge is -2.10. The number of Topliss-reactive ketones (excluding diaryl/α,β-unsaturated/α-hetero) is 1. The molecular weight excluding hydrogens is 443 g/mol. The Bertz CT molecular complexity index is 1100. The summed E-state index contributed by atoms with van der Waals surface area (Å²) in [5.41, 5.74) is 4.68. The van der Waals surface area contributed by atoms with Crippen LogP contribution in [0.5, 0.6) is 0 Å². The first-order valence-electron chi connectivity index (χ1n) is 10.8. The van der Waals surface area contributed by atoms with Crippen LogP contribution in [0.25, 0.3) is 11.1 Å². The van der Waals surface area contributed by atoms with E-state index in [9.17, 15) is 14.7 Å². The van der Waals surface area contributed by atoms with E-state index < -0.39 is 5.97 Å². The van der Waals surface area contributed by atoms with Crippen molar-refractivity contribution in [2.75, 3.05) is 0 Å². The Morgan fingerprint density at radius 3 is 2.16 bits per heavy atom. The maximum Gasteiger partial charge on any atom is 0.335 e. The molecule has 1 N–H and O–H groups in total. The van der Waals surface area contributed by atoms with Crippen LogP contribution in [0.2, 0.25) is 10.0 Å². The Hall–Kier alpha value is -2.62. The summed E-state index contributed by atoms with van der Waals surface area (Å²) in [6.07, 6.45) is 4.26. The Labute approximate surface area is 199 Å². The molecule has 0 saturated heterocycles. The predicted molar refractivity (Wildman–Crippen MR) is 131 cm³/mol. The van der Waals surface area contributed by atoms with Gasteiger partial charge in [-0.05, 0) is 65.3 Å². The standard InChI is InChI=1S/C27H26Cl2O3/c1-2-3-4-18-5-9-20(10-6-18)21-11-12-22(24(17-21)27(31)32)16-23(30)13-7-19-8-14-25(28)26(29)15-19/h5-6,8-12,14-15,17H,2-4,7,13,16H2,1H3,(H,31,32). The number of carbonyl (C=O) groups is 2. The molecule has 166 valence electrons. The summed E-state index contributed by atoms with van der Waals surface area (Å²) in [4.78, 5) is 24.4. The van der Waals surface area contributed by atoms with E-state index in [1.54, 1.807) is 24.3 Å². The largest absolute Gasteiger partial charge is 0.478 e. The highest BCUT2D eigenvalue weighted by atomic mass is 35.5. The third kappa shape index (κ3) is 6.44. The lowest BCUT2D eigenvalue weighted by molar-refractivity contribution is -0.118. The van der Waals surface area contributed by atoms with Crippen molar-refractivity contribution in [1.29, 1.82) is 0 Å². The van der Waals surface area contributed by atoms with E-state index in [1.165, 1.54) is 5.56 Å². The first kappa shape index (κ1) is 24.0. The molecule has 0 heterocycles. The van der Waals surface area contributed by atoms with E-state index in [0.717, 1.165) is 36.0 Å². The minimum atomic E-state index is -1.03. The van der Waals surface area contributed by atoms with Gasteiger partial charge in [-0.15, -0.1) is 0 Å². The molecule has 0 bridgehead atoms. The van der Waals surface area contributed by atoms with E-state index in [2.05, 4.69) is 19.1 Å². The van der Waals surface area contributed by atoms with Gasteiger partial charge in [0.25, 0.3) is 0 Å². The van der Waals surface area contributed by atoms with Crippen molar-refractivity contribution in [1.82, 2.24) is 0 Å². The normalized spacial score (nSPS) is 10.8. The number of carboxylic acid groups (broad SMARTS) is 1. The van der Waals surface area contributed by atoms with Gasteiger partial charge in [0, 0.05) is 12.8 Å². The van der Waals surface area contributed by atoms with Crippen LogP contribution < -0.4 is 0 Å². The monoisotopic (exact) mass is 468 g/mol. The van der Waals surface area contributed by atoms with Gasteiger partial charge in [0.2, 0.25) is 0 Å². The van der Waals surface area contributed by atoms with Gasteiger partial charge in [0.1, 0.15) is 5.78 Å². The van der Waals surface area contributed by atoms with Crippen molar-refractivity contribution in [3.05, 3.63) is 93.0 Å². The Kier molecular flexibility index (Phi) is 8.49. The van der Waals surface area contributed by atoms with Gasteiger partial charge >= 0.3 is 5.97 Å². The molecule has 3 aromatic carbocycles. The molecule has 0 aliphatic carbocycles. The molecule has 0 amide bonds. The number of aromatic carboxylic acids is 1. The smallest absolute Gasteiger partial charge is 0.335 e. The van der Waals surface area contributed by atoms with Crippen LogP contribution in [0, 0.1) is 0 Å². The van der Waals surface area contributed by atoms with Crippen LogP contribution >= 0.6 is 23.2 Å². The highest BCUT2D eigenvalue weighted by Crippen LogP contribution is 2.25. The second kappa shape index (κ2) is 11.3. The van der Waals surface area contributed by atoms with Gasteiger partial charge in [-0.2, -0.15) is 0 Å². The molecule has 0 atom stereocenters. The van der Waals surface area contributed by atoms with Crippen LogP contribution in [0.4, 0.5) is 0 Å². The van der Waals surface area contributed by atoms with Crippen molar-refractivity contribution in [3.8, 4) is 11.1 Å². The van der Waals surface area contributed by atoms with Crippen LogP contribution in [-0.4, -0.2) is 16.9 Å². The van der Waals surface area contributed by atoms with Crippen molar-refractivity contribution < 1.29 is 14.7 Å². The molecule has 32 heavy (non-hydrogen) atoms. The highest BCUT2D eigenvalue weighted by molar-refractivity contribution is 6.42. The molecule has 0 aromatic heterocycles. The molecule has 0 aliphatic heterocycles. The quantitative estimate of drug-likeness (QED) is 0.336. The number of hydrogen-bond donors (Lipinski definition) is 1. The minimum absolute atomic E-state index is 0.0217. The summed E-state index contributed by atoms with van der Waals surface area (Å²) in [5.74, 6) is -1.05. The Morgan fingerprint density at radius 1 is 0.812 bits per heavy atom. The molecule has 0 unspecified atom stereocenters. The maximum atomic E-state index is 12.5. The number of ketones is 1. The summed E-state index contributed by atoms with van der Waals surface area (Å²) in [6, 6.07) is 18.8. The van der Waals surface area contributed by atoms with Crippen molar-refractivity contribution >= 4 is 35.0 Å². The van der Waals surface area contributed by atoms with Crippen molar-refractivity contribution in [2.24, 2.45) is 0 Å². The number of aryl methyl sites for hydroxylation is 2. The average Bonchev–Trinajstić information content (AvgIpc) is 2.79. The zero-order valence-electron chi connectivity index (χ0n) is 18.0. The molecule has 0 radical (unpaired) electrons. The number of benzene rings is 3. The molecule has 0 spiro atoms. The predicted octanol–water partition coefficient (Wildman–Crippen LogP) is 7.45. The van der Waals surface area contributed by atoms with Gasteiger partial charge in [-0.25, -0.2) is 4.79 Å². The molecule has 0 fully saturated rings. The molecule has 0 aliphatic rings. The van der Waals surface area contributed by atoms with Gasteiger partial charge in [0.05, 0.1) is 15.6 Å². The van der Waals surface area contributed by atoms with E-state index in [-0.39, 0.29) is 17.8 Å². The van der Waals surface area contributed by atoms with Crippen LogP contribution in [0.3, 0.4) is 0 Å². The maximum absolute atomic E-state index is 12.5. The number of rotatable bonds is 10. The third-order valence-corrected chi connectivity index (χ3v) is 6.25. The number of unbranched alkanes of at least 4 members (excludes halogenated alkanes) is 1. The zero-order chi connectivity index (χ0) is 23.1. The van der Waals surface area contributed by atoms with Crippen LogP contribution in [-0.2, 0) is 24.1 Å². The van der Waals surface area contributed by atoms with Crippen molar-refractivity contribution in [2.45, 2.75) is 45.4 Å². The minimum Gasteiger partial charge on any atom is -0.478 e. The Morgan fingerprint density at radius 2 is 1.50 bits per heavy atom. The van der Waals surface area contributed by atoms with E-state index >= 15 is 0 Å². The van der Waals surface area contributed by atoms with Gasteiger partial charge < -0.3 is 5.11 Å². The summed E-state index contributed by atoms with van der Waals surface area (Å²) in [5, 5.41) is 10.6. The molecule has 0 saturated carbocycles. The van der Waals surface area contributed by atoms with E-state index in [0.29, 0.717) is 28.5 Å². The number of hydrogen-bond acceptors (Lipinski definition) is 2. The second-order valence-corrected chi connectivity index (χ2v) is 8.76. The lowest BCUT2D eigenvalue weighted by Crippen LogP contribution is -2.10. The number of carboxylic acids is 1. The van der Waals surface area contributed by atoms with Gasteiger partial charge in [-0.3, -0.25) is 4.79 Å². The molecule has 3 nitrogen and oxygen atoms in total. The summed E-state index contributed by atoms with van der Waals surface area (Å²) >= 11 is 12.0. The summed E-state index contributed by atoms with van der Waals surface area (Å²) < 4.78 is 0. The second-order valence-electron chi connectivity index (χ2n) is 7.94. The average molecular weight is 469 g/mol. The fourth-order valence-electron chi connectivity index (χ4n) is 3.63. The first-order valence-corrected chi connectivity index (χ1v) is 11.5. The fourth-order valence-corrected chi connectivity index (χ4v) is 3.95. The highest BCUT2D eigenvalue weighted by Gasteiger charge is 2.15. The molecule has 5 heteroatoms. The zero-order valence-corrected chi connectivity index (χ0v) is 19.5. The Balaban J connectivity index is 1.70. The van der Waals surface area contributed by atoms with Crippen LogP contribution in [0.1, 0.15) is 53.2 Å². The van der Waals surface area contributed by atoms with E-state index in [4.69, 9.17) is 23.2 Å².